The number of phenols is 2. The van der Waals surface area contributed by atoms with Crippen molar-refractivity contribution in [2.45, 2.75) is 255 Å². The van der Waals surface area contributed by atoms with E-state index in [1.165, 1.54) is 101 Å². The molecule has 4 aliphatic carbocycles. The van der Waals surface area contributed by atoms with Crippen LogP contribution in [0.5, 0.6) is 23.0 Å². The highest BCUT2D eigenvalue weighted by Crippen LogP contribution is 2.63. The first kappa shape index (κ1) is 68.7. The van der Waals surface area contributed by atoms with Crippen LogP contribution >= 0.6 is 0 Å². The average molecular weight is 1320 g/mol. The van der Waals surface area contributed by atoms with E-state index in [9.17, 15) is 10.2 Å². The zero-order chi connectivity index (χ0) is 71.3. The number of phenolic OH excluding ortho intramolecular Hbond substituents is 2. The largest absolute Gasteiger partial charge is 0.505 e. The first-order valence-electron chi connectivity index (χ1n) is 37.5. The molecule has 0 saturated heterocycles. The molecule has 0 spiro atoms. The Hall–Kier alpha value is -7.44. The van der Waals surface area contributed by atoms with E-state index in [1.54, 1.807) is 0 Å². The number of fused-ring (bicyclic) bond motifs is 12. The number of hydrogen-bond donors (Lipinski definition) is 2. The van der Waals surface area contributed by atoms with Gasteiger partial charge in [-0.2, -0.15) is 0 Å². The molecule has 6 nitrogen and oxygen atoms in total. The fourth-order valence-corrected chi connectivity index (χ4v) is 18.6. The fraction of sp³-hybridized carbons (Fsp3) is 0.484. The van der Waals surface area contributed by atoms with Crippen LogP contribution in [0.15, 0.2) is 109 Å². The molecular weight excluding hydrogens is 1210 g/mol. The number of hydrogen-bond acceptors (Lipinski definition) is 4. The molecule has 0 bridgehead atoms. The Morgan fingerprint density at radius 3 is 0.960 bits per heavy atom. The lowest BCUT2D eigenvalue weighted by atomic mass is 9.71. The number of aryl methyl sites for hydroxylation is 2. The number of nitrogens with zero attached hydrogens (tertiary/aromatic N) is 2. The Bertz CT molecular complexity index is 4500. The third-order valence-electron chi connectivity index (χ3n) is 23.3. The summed E-state index contributed by atoms with van der Waals surface area (Å²) in [5.74, 6) is 4.67. The summed E-state index contributed by atoms with van der Waals surface area (Å²) in [5, 5.41) is 32.1. The van der Waals surface area contributed by atoms with Crippen LogP contribution in [0.3, 0.4) is 0 Å². The van der Waals surface area contributed by atoms with Crippen LogP contribution < -0.4 is 9.47 Å². The van der Waals surface area contributed by atoms with E-state index in [4.69, 9.17) is 9.47 Å². The zero-order valence-electron chi connectivity index (χ0n) is 64.7. The minimum absolute atomic E-state index is 0.0381. The predicted octanol–water partition coefficient (Wildman–Crippen LogP) is 25.0. The molecule has 4 atom stereocenters. The highest BCUT2D eigenvalue weighted by Gasteiger charge is 2.49. The van der Waals surface area contributed by atoms with Crippen molar-refractivity contribution in [1.82, 2.24) is 9.13 Å². The first-order chi connectivity index (χ1) is 46.0. The van der Waals surface area contributed by atoms with E-state index < -0.39 is 0 Å². The summed E-state index contributed by atoms with van der Waals surface area (Å²) in [6.45, 7) is 56.5. The minimum Gasteiger partial charge on any atom is -0.505 e. The van der Waals surface area contributed by atoms with Crippen molar-refractivity contribution < 1.29 is 19.7 Å². The van der Waals surface area contributed by atoms with Gasteiger partial charge in [-0.1, -0.05) is 201 Å². The molecule has 4 unspecified atom stereocenters. The molecule has 2 aromatic heterocycles. The van der Waals surface area contributed by atoms with E-state index in [1.807, 2.05) is 0 Å². The van der Waals surface area contributed by atoms with Crippen LogP contribution in [0.4, 0.5) is 0 Å². The molecule has 4 aliphatic rings. The van der Waals surface area contributed by atoms with Gasteiger partial charge in [-0.05, 0) is 247 Å². The van der Waals surface area contributed by atoms with Gasteiger partial charge in [0.05, 0.1) is 46.7 Å². The van der Waals surface area contributed by atoms with Crippen molar-refractivity contribution in [3.63, 3.8) is 0 Å². The van der Waals surface area contributed by atoms with Crippen LogP contribution in [0.1, 0.15) is 263 Å². The van der Waals surface area contributed by atoms with E-state index >= 15 is 0 Å². The van der Waals surface area contributed by atoms with Gasteiger partial charge < -0.3 is 28.8 Å². The molecule has 520 valence electrons. The van der Waals surface area contributed by atoms with Gasteiger partial charge in [0.25, 0.3) is 0 Å². The van der Waals surface area contributed by atoms with Crippen molar-refractivity contribution in [3.05, 3.63) is 176 Å². The second kappa shape index (κ2) is 23.0. The molecule has 8 aromatic carbocycles. The molecule has 0 radical (unpaired) electrons. The van der Waals surface area contributed by atoms with Crippen LogP contribution in [0, 0.1) is 36.5 Å². The van der Waals surface area contributed by atoms with Gasteiger partial charge in [-0.3, -0.25) is 0 Å². The highest BCUT2D eigenvalue weighted by molar-refractivity contribution is 6.11. The summed E-state index contributed by atoms with van der Waals surface area (Å²) >= 11 is 0. The topological polar surface area (TPSA) is 68.8 Å². The number of aromatic nitrogens is 2. The minimum atomic E-state index is -0.262. The summed E-state index contributed by atoms with van der Waals surface area (Å²) in [7, 11) is 0. The van der Waals surface area contributed by atoms with E-state index in [0.29, 0.717) is 43.3 Å². The SMILES string of the molecule is Cc1cc(-c2cc(C(C)(C)CC(C)(C)C)cc(-n3c4cc(C(C)(C)C)ccc4c4ccc(C(C)(C)C)cc43)c2O)c(OCCCOc2c(-c3cc(C(C)(C)CC(C)(C)C)cc(-n4c5cc(C(C)(C)C)ccc5c5ccc(C(C)(C)C)cc54)c3O)cc(C)c3c2CC2CC32)c2c1C1CC1C2. The quantitative estimate of drug-likeness (QED) is 0.106. The van der Waals surface area contributed by atoms with Gasteiger partial charge in [-0.15, -0.1) is 0 Å². The van der Waals surface area contributed by atoms with Crippen LogP contribution in [0.2, 0.25) is 0 Å². The monoisotopic (exact) mass is 1320 g/mol. The smallest absolute Gasteiger partial charge is 0.147 e. The molecule has 2 fully saturated rings. The van der Waals surface area contributed by atoms with Gasteiger partial charge in [0.1, 0.15) is 23.0 Å². The first-order valence-corrected chi connectivity index (χ1v) is 37.5. The van der Waals surface area contributed by atoms with Crippen molar-refractivity contribution in [3.8, 4) is 56.6 Å². The van der Waals surface area contributed by atoms with E-state index in [0.717, 1.165) is 92.9 Å². The van der Waals surface area contributed by atoms with Crippen molar-refractivity contribution in [1.29, 1.82) is 0 Å². The van der Waals surface area contributed by atoms with Crippen LogP contribution in [-0.2, 0) is 45.3 Å². The van der Waals surface area contributed by atoms with Gasteiger partial charge >= 0.3 is 0 Å². The Balaban J connectivity index is 0.892. The van der Waals surface area contributed by atoms with Crippen molar-refractivity contribution in [2.24, 2.45) is 22.7 Å². The third-order valence-corrected chi connectivity index (χ3v) is 23.3. The standard InChI is InChI=1S/C93H114N2O4/c1-52-36-70(68-42-60(92(21,22)50-86(3,4)5)48-78(82(68)96)94-74-44-56(88(9,10)11)26-30-62(74)63-31-27-57(45-75(63)94)89(12,13)14)84(72-40-54-38-66(54)80(52)72)98-34-25-35-99-85-71(37-53(2)81-67-39-55(67)41-73(81)85)69-43-61(93(23,24)51-87(6,7)8)49-79(83(69)97)95-76-46-58(90(15,16)17)28-32-64(76)65-33-29-59(47-77(65)95)91(18,19)20/h26-33,36-37,42-49,54-55,66-67,96-97H,25,34-35,38-41,50-51H2,1-24H3. The summed E-state index contributed by atoms with van der Waals surface area (Å²) < 4.78 is 19.7. The van der Waals surface area contributed by atoms with Crippen LogP contribution in [-0.4, -0.2) is 32.6 Å². The second-order valence-corrected chi connectivity index (χ2v) is 39.2. The molecule has 14 rings (SSSR count). The Kier molecular flexibility index (Phi) is 16.0. The van der Waals surface area contributed by atoms with E-state index in [2.05, 4.69) is 284 Å². The van der Waals surface area contributed by atoms with E-state index in [-0.39, 0.29) is 54.8 Å². The molecule has 2 saturated carbocycles. The molecule has 2 heterocycles. The fourth-order valence-electron chi connectivity index (χ4n) is 18.6. The summed E-state index contributed by atoms with van der Waals surface area (Å²) in [5.41, 5.74) is 24.1. The Morgan fingerprint density at radius 2 is 0.677 bits per heavy atom. The maximum Gasteiger partial charge on any atom is 0.147 e. The van der Waals surface area contributed by atoms with Gasteiger partial charge in [0.2, 0.25) is 0 Å². The molecule has 99 heavy (non-hydrogen) atoms. The lowest BCUT2D eigenvalue weighted by Crippen LogP contribution is -2.25. The van der Waals surface area contributed by atoms with Crippen LogP contribution in [0.25, 0.3) is 77.2 Å². The molecule has 0 aliphatic heterocycles. The molecule has 2 N–H and O–H groups in total. The van der Waals surface area contributed by atoms with Gasteiger partial charge in [-0.25, -0.2) is 0 Å². The normalized spacial score (nSPS) is 18.0. The number of benzene rings is 8. The molecule has 0 amide bonds. The second-order valence-electron chi connectivity index (χ2n) is 39.2. The summed E-state index contributed by atoms with van der Waals surface area (Å²) in [6.07, 6.45) is 6.93. The molecular formula is C93H114N2O4. The number of rotatable bonds is 14. The Labute approximate surface area is 592 Å². The lowest BCUT2D eigenvalue weighted by molar-refractivity contribution is 0.246. The Morgan fingerprint density at radius 1 is 0.374 bits per heavy atom. The molecule has 6 heteroatoms. The maximum absolute atomic E-state index is 13.7. The molecule has 10 aromatic rings. The highest BCUT2D eigenvalue weighted by atomic mass is 16.5. The predicted molar refractivity (Wildman–Crippen MR) is 419 cm³/mol. The summed E-state index contributed by atoms with van der Waals surface area (Å²) in [4.78, 5) is 0. The average Bonchev–Trinajstić information content (AvgIpc) is 1.60. The number of aromatic hydroxyl groups is 2. The number of ether oxygens (including phenoxy) is 2. The lowest BCUT2D eigenvalue weighted by Gasteiger charge is -2.34. The van der Waals surface area contributed by atoms with Gasteiger partial charge in [0.15, 0.2) is 0 Å². The third kappa shape index (κ3) is 12.3. The zero-order valence-corrected chi connectivity index (χ0v) is 64.7. The van der Waals surface area contributed by atoms with Crippen molar-refractivity contribution in [2.75, 3.05) is 13.2 Å². The summed E-state index contributed by atoms with van der Waals surface area (Å²) in [6, 6.07) is 41.9. The van der Waals surface area contributed by atoms with Gasteiger partial charge in [0, 0.05) is 50.2 Å². The van der Waals surface area contributed by atoms with Crippen molar-refractivity contribution >= 4 is 43.6 Å². The maximum atomic E-state index is 13.7.